The number of hydrogen-bond donors (Lipinski definition) is 3. The van der Waals surface area contributed by atoms with Crippen molar-refractivity contribution in [3.63, 3.8) is 0 Å². The van der Waals surface area contributed by atoms with Crippen molar-refractivity contribution in [1.82, 2.24) is 30.7 Å². The monoisotopic (exact) mass is 310 g/mol. The summed E-state index contributed by atoms with van der Waals surface area (Å²) in [6, 6.07) is 6.99. The van der Waals surface area contributed by atoms with Crippen LogP contribution >= 0.6 is 0 Å². The third-order valence-corrected chi connectivity index (χ3v) is 4.54. The first-order valence-electron chi connectivity index (χ1n) is 6.56. The van der Waals surface area contributed by atoms with Crippen molar-refractivity contribution < 1.29 is 8.42 Å². The Hall–Kier alpha value is -1.84. The number of tetrazole rings is 1. The second-order valence-electron chi connectivity index (χ2n) is 4.47. The lowest BCUT2D eigenvalue weighted by Gasteiger charge is -2.15. The Morgan fingerprint density at radius 1 is 1.38 bits per heavy atom. The van der Waals surface area contributed by atoms with Gasteiger partial charge in [-0.25, -0.2) is 13.1 Å². The Morgan fingerprint density at radius 2 is 2.19 bits per heavy atom. The molecule has 0 aliphatic heterocycles. The van der Waals surface area contributed by atoms with Crippen molar-refractivity contribution in [2.45, 2.75) is 30.8 Å². The predicted molar refractivity (Wildman–Crippen MR) is 76.7 cm³/mol. The third kappa shape index (κ3) is 3.84. The second kappa shape index (κ2) is 6.74. The number of nitrogens with one attached hydrogen (secondary N) is 3. The van der Waals surface area contributed by atoms with Crippen LogP contribution in [0.25, 0.3) is 0 Å². The van der Waals surface area contributed by atoms with Gasteiger partial charge in [0.25, 0.3) is 0 Å². The highest BCUT2D eigenvalue weighted by Gasteiger charge is 2.17. The lowest BCUT2D eigenvalue weighted by atomic mass is 10.1. The summed E-state index contributed by atoms with van der Waals surface area (Å²) in [7, 11) is -1.76. The molecule has 8 nitrogen and oxygen atoms in total. The molecule has 0 aliphatic rings. The molecule has 0 aliphatic carbocycles. The molecule has 1 unspecified atom stereocenters. The van der Waals surface area contributed by atoms with Gasteiger partial charge in [-0.15, -0.1) is 10.2 Å². The van der Waals surface area contributed by atoms with Crippen LogP contribution in [0.4, 0.5) is 0 Å². The molecule has 1 aromatic carbocycles. The molecular weight excluding hydrogens is 292 g/mol. The van der Waals surface area contributed by atoms with Crippen LogP contribution in [0.5, 0.6) is 0 Å². The van der Waals surface area contributed by atoms with Gasteiger partial charge in [0.05, 0.1) is 11.4 Å². The molecular formula is C12H18N6O2S. The average Bonchev–Trinajstić information content (AvgIpc) is 3.00. The number of H-pyrrole nitrogens is 1. The fourth-order valence-electron chi connectivity index (χ4n) is 2.01. The summed E-state index contributed by atoms with van der Waals surface area (Å²) in [5.74, 6) is 0.288. The van der Waals surface area contributed by atoms with E-state index in [0.29, 0.717) is 0 Å². The first-order valence-corrected chi connectivity index (χ1v) is 8.04. The number of benzene rings is 1. The minimum atomic E-state index is -3.61. The molecule has 1 aromatic heterocycles. The largest absolute Gasteiger partial charge is 0.313 e. The van der Waals surface area contributed by atoms with E-state index in [4.69, 9.17) is 0 Å². The number of aromatic amines is 1. The van der Waals surface area contributed by atoms with Crippen molar-refractivity contribution in [1.29, 1.82) is 0 Å². The van der Waals surface area contributed by atoms with Gasteiger partial charge in [0.1, 0.15) is 0 Å². The van der Waals surface area contributed by atoms with Crippen molar-refractivity contribution in [3.8, 4) is 0 Å². The standard InChI is InChI=1S/C12H18N6O2S/c1-3-11(13-2)9-5-4-6-10(7-9)21(19,20)14-8-12-15-17-18-16-12/h4-7,11,13-14H,3,8H2,1-2H3,(H,15,16,17,18). The molecule has 1 atom stereocenters. The number of aromatic nitrogens is 4. The van der Waals surface area contributed by atoms with E-state index in [1.165, 1.54) is 0 Å². The van der Waals surface area contributed by atoms with E-state index >= 15 is 0 Å². The summed E-state index contributed by atoms with van der Waals surface area (Å²) in [5.41, 5.74) is 0.933. The SMILES string of the molecule is CCC(NC)c1cccc(S(=O)(=O)NCc2nn[nH]n2)c1. The van der Waals surface area contributed by atoms with Crippen molar-refractivity contribution in [2.24, 2.45) is 0 Å². The van der Waals surface area contributed by atoms with Crippen molar-refractivity contribution >= 4 is 10.0 Å². The maximum Gasteiger partial charge on any atom is 0.240 e. The Kier molecular flexibility index (Phi) is 4.99. The summed E-state index contributed by atoms with van der Waals surface area (Å²) in [6.45, 7) is 2.03. The van der Waals surface area contributed by atoms with E-state index in [2.05, 4.69) is 30.7 Å². The molecule has 0 fully saturated rings. The lowest BCUT2D eigenvalue weighted by molar-refractivity contribution is 0.570. The number of rotatable bonds is 7. The molecule has 0 radical (unpaired) electrons. The van der Waals surface area contributed by atoms with Crippen LogP contribution in [0.2, 0.25) is 0 Å². The van der Waals surface area contributed by atoms with Crippen LogP contribution in [-0.4, -0.2) is 36.1 Å². The van der Waals surface area contributed by atoms with Crippen LogP contribution in [0.1, 0.15) is 30.8 Å². The maximum absolute atomic E-state index is 12.3. The van der Waals surface area contributed by atoms with E-state index in [9.17, 15) is 8.42 Å². The van der Waals surface area contributed by atoms with Crippen LogP contribution in [0, 0.1) is 0 Å². The molecule has 1 heterocycles. The molecule has 0 saturated carbocycles. The predicted octanol–water partition coefficient (Wildman–Crippen LogP) is 0.349. The number of nitrogens with zero attached hydrogens (tertiary/aromatic N) is 3. The van der Waals surface area contributed by atoms with Gasteiger partial charge in [0, 0.05) is 6.04 Å². The zero-order chi connectivity index (χ0) is 15.3. The van der Waals surface area contributed by atoms with Gasteiger partial charge in [-0.2, -0.15) is 5.21 Å². The van der Waals surface area contributed by atoms with Gasteiger partial charge in [-0.05, 0) is 31.2 Å². The van der Waals surface area contributed by atoms with Crippen LogP contribution < -0.4 is 10.0 Å². The zero-order valence-corrected chi connectivity index (χ0v) is 12.7. The van der Waals surface area contributed by atoms with E-state index in [0.717, 1.165) is 12.0 Å². The summed E-state index contributed by atoms with van der Waals surface area (Å²) >= 11 is 0. The molecule has 114 valence electrons. The minimum Gasteiger partial charge on any atom is -0.313 e. The molecule has 3 N–H and O–H groups in total. The van der Waals surface area contributed by atoms with Gasteiger partial charge < -0.3 is 5.32 Å². The normalized spacial score (nSPS) is 13.2. The highest BCUT2D eigenvalue weighted by Crippen LogP contribution is 2.19. The molecule has 0 saturated heterocycles. The molecule has 0 spiro atoms. The summed E-state index contributed by atoms with van der Waals surface area (Å²) in [5, 5.41) is 16.2. The van der Waals surface area contributed by atoms with Crippen LogP contribution in [0.15, 0.2) is 29.2 Å². The fourth-order valence-corrected chi connectivity index (χ4v) is 3.04. The minimum absolute atomic E-state index is 0.00764. The van der Waals surface area contributed by atoms with Gasteiger partial charge >= 0.3 is 0 Å². The van der Waals surface area contributed by atoms with Crippen LogP contribution in [-0.2, 0) is 16.6 Å². The number of sulfonamides is 1. The van der Waals surface area contributed by atoms with Crippen molar-refractivity contribution in [2.75, 3.05) is 7.05 Å². The molecule has 2 rings (SSSR count). The molecule has 2 aromatic rings. The zero-order valence-electron chi connectivity index (χ0n) is 11.9. The third-order valence-electron chi connectivity index (χ3n) is 3.14. The molecule has 0 amide bonds. The quantitative estimate of drug-likeness (QED) is 0.680. The highest BCUT2D eigenvalue weighted by atomic mass is 32.2. The van der Waals surface area contributed by atoms with E-state index in [1.54, 1.807) is 18.2 Å². The van der Waals surface area contributed by atoms with Gasteiger partial charge in [0.15, 0.2) is 5.82 Å². The smallest absolute Gasteiger partial charge is 0.240 e. The topological polar surface area (TPSA) is 113 Å². The van der Waals surface area contributed by atoms with Crippen molar-refractivity contribution in [3.05, 3.63) is 35.7 Å². The Labute approximate surface area is 123 Å². The first kappa shape index (κ1) is 15.5. The highest BCUT2D eigenvalue weighted by molar-refractivity contribution is 7.89. The van der Waals surface area contributed by atoms with E-state index in [1.807, 2.05) is 20.0 Å². The summed E-state index contributed by atoms with van der Waals surface area (Å²) in [4.78, 5) is 0.220. The molecule has 0 bridgehead atoms. The van der Waals surface area contributed by atoms with E-state index < -0.39 is 10.0 Å². The average molecular weight is 310 g/mol. The summed E-state index contributed by atoms with van der Waals surface area (Å²) in [6.07, 6.45) is 0.871. The first-order chi connectivity index (χ1) is 10.1. The fraction of sp³-hybridized carbons (Fsp3) is 0.417. The molecule has 21 heavy (non-hydrogen) atoms. The van der Waals surface area contributed by atoms with Gasteiger partial charge in [-0.3, -0.25) is 0 Å². The number of hydrogen-bond acceptors (Lipinski definition) is 6. The summed E-state index contributed by atoms with van der Waals surface area (Å²) < 4.78 is 27.0. The Bertz CT molecular complexity index is 667. The van der Waals surface area contributed by atoms with E-state index in [-0.39, 0.29) is 23.3 Å². The van der Waals surface area contributed by atoms with Crippen LogP contribution in [0.3, 0.4) is 0 Å². The van der Waals surface area contributed by atoms with Gasteiger partial charge in [0.2, 0.25) is 10.0 Å². The Balaban J connectivity index is 2.17. The lowest BCUT2D eigenvalue weighted by Crippen LogP contribution is -2.24. The van der Waals surface area contributed by atoms with Gasteiger partial charge in [-0.1, -0.05) is 24.3 Å². The molecule has 9 heteroatoms. The Morgan fingerprint density at radius 3 is 2.81 bits per heavy atom. The second-order valence-corrected chi connectivity index (χ2v) is 6.24. The maximum atomic E-state index is 12.3.